The van der Waals surface area contributed by atoms with Crippen LogP contribution in [0, 0.1) is 6.42 Å². The summed E-state index contributed by atoms with van der Waals surface area (Å²) in [4.78, 5) is 0. The number of benzene rings is 2. The van der Waals surface area contributed by atoms with Crippen molar-refractivity contribution in [3.63, 3.8) is 0 Å². The average Bonchev–Trinajstić information content (AvgIpc) is 2.75. The van der Waals surface area contributed by atoms with E-state index in [0.717, 1.165) is 10.6 Å². The van der Waals surface area contributed by atoms with Gasteiger partial charge in [-0.3, -0.25) is 0 Å². The lowest BCUT2D eigenvalue weighted by Gasteiger charge is -2.06. The minimum absolute atomic E-state index is 0.819. The van der Waals surface area contributed by atoms with Gasteiger partial charge in [0.15, 0.2) is 0 Å². The molecule has 0 saturated heterocycles. The van der Waals surface area contributed by atoms with Crippen LogP contribution < -0.4 is 0 Å². The maximum Gasteiger partial charge on any atom is 0.0450 e. The summed E-state index contributed by atoms with van der Waals surface area (Å²) in [5.74, 6) is 0. The van der Waals surface area contributed by atoms with Crippen LogP contribution in [0.25, 0.3) is 5.57 Å². The fourth-order valence-corrected chi connectivity index (χ4v) is 2.30. The first kappa shape index (κ1) is 9.68. The summed E-state index contributed by atoms with van der Waals surface area (Å²) in [6, 6.07) is 16.4. The van der Waals surface area contributed by atoms with E-state index in [2.05, 4.69) is 42.8 Å². The molecule has 0 N–H and O–H groups in total. The number of rotatable bonds is 1. The van der Waals surface area contributed by atoms with Gasteiger partial charge in [0.2, 0.25) is 0 Å². The van der Waals surface area contributed by atoms with Gasteiger partial charge in [-0.1, -0.05) is 60.1 Å². The molecule has 1 radical (unpaired) electrons. The largest absolute Gasteiger partial charge is 0.0840 e. The number of allylic oxidation sites excluding steroid dienone is 1. The molecule has 0 saturated carbocycles. The van der Waals surface area contributed by atoms with Gasteiger partial charge in [-0.15, -0.1) is 0 Å². The predicted octanol–water partition coefficient (Wildman–Crippen LogP) is 4.34. The highest BCUT2D eigenvalue weighted by molar-refractivity contribution is 6.32. The Balaban J connectivity index is 2.13. The average molecular weight is 226 g/mol. The summed E-state index contributed by atoms with van der Waals surface area (Å²) in [5.41, 5.74) is 4.83. The Labute approximate surface area is 100 Å². The lowest BCUT2D eigenvalue weighted by atomic mass is 9.99. The lowest BCUT2D eigenvalue weighted by Crippen LogP contribution is -1.86. The molecule has 0 aliphatic heterocycles. The van der Waals surface area contributed by atoms with Crippen LogP contribution in [0.5, 0.6) is 0 Å². The van der Waals surface area contributed by atoms with Crippen molar-refractivity contribution < 1.29 is 0 Å². The molecular formula is C15H10Cl. The topological polar surface area (TPSA) is 0 Å². The molecule has 0 spiro atoms. The van der Waals surface area contributed by atoms with E-state index in [1.165, 1.54) is 16.7 Å². The fourth-order valence-electron chi connectivity index (χ4n) is 2.07. The summed E-state index contributed by atoms with van der Waals surface area (Å²) in [6.07, 6.45) is 4.21. The molecule has 77 valence electrons. The Bertz CT molecular complexity index is 553. The second-order valence-electron chi connectivity index (χ2n) is 3.81. The summed E-state index contributed by atoms with van der Waals surface area (Å²) in [5, 5.41) is 0.819. The normalized spacial score (nSPS) is 13.4. The number of hydrogen-bond donors (Lipinski definition) is 0. The van der Waals surface area contributed by atoms with E-state index in [-0.39, 0.29) is 0 Å². The van der Waals surface area contributed by atoms with Gasteiger partial charge in [0.25, 0.3) is 0 Å². The lowest BCUT2D eigenvalue weighted by molar-refractivity contribution is 1.52. The quantitative estimate of drug-likeness (QED) is 0.678. The molecule has 0 bridgehead atoms. The molecule has 1 heteroatoms. The van der Waals surface area contributed by atoms with Gasteiger partial charge >= 0.3 is 0 Å². The van der Waals surface area contributed by atoms with E-state index in [4.69, 9.17) is 11.6 Å². The number of hydrogen-bond acceptors (Lipinski definition) is 0. The molecule has 0 heterocycles. The Morgan fingerprint density at radius 2 is 1.62 bits per heavy atom. The fraction of sp³-hybridized carbons (Fsp3) is 0. The standard InChI is InChI=1S/C15H10Cl/c16-15-8-4-7-13-12(9-10-14(13)15)11-5-2-1-3-6-11/h1-10H. The molecule has 16 heavy (non-hydrogen) atoms. The van der Waals surface area contributed by atoms with Crippen molar-refractivity contribution >= 4 is 17.2 Å². The third kappa shape index (κ3) is 1.46. The first-order chi connectivity index (χ1) is 7.86. The molecule has 1 aliphatic carbocycles. The second kappa shape index (κ2) is 3.80. The molecule has 3 rings (SSSR count). The third-order valence-corrected chi connectivity index (χ3v) is 3.17. The van der Waals surface area contributed by atoms with E-state index in [9.17, 15) is 0 Å². The van der Waals surface area contributed by atoms with Crippen molar-refractivity contribution in [2.75, 3.05) is 0 Å². The van der Waals surface area contributed by atoms with Crippen LogP contribution in [-0.4, -0.2) is 0 Å². The van der Waals surface area contributed by atoms with Crippen LogP contribution in [0.3, 0.4) is 0 Å². The third-order valence-electron chi connectivity index (χ3n) is 2.84. The van der Waals surface area contributed by atoms with Crippen LogP contribution >= 0.6 is 11.6 Å². The highest BCUT2D eigenvalue weighted by Gasteiger charge is 2.17. The van der Waals surface area contributed by atoms with Crippen molar-refractivity contribution in [1.29, 1.82) is 0 Å². The summed E-state index contributed by atoms with van der Waals surface area (Å²) in [7, 11) is 0. The Morgan fingerprint density at radius 3 is 2.44 bits per heavy atom. The zero-order valence-electron chi connectivity index (χ0n) is 8.65. The molecule has 1 aliphatic rings. The van der Waals surface area contributed by atoms with Gasteiger partial charge in [0.1, 0.15) is 0 Å². The van der Waals surface area contributed by atoms with Gasteiger partial charge in [-0.25, -0.2) is 0 Å². The van der Waals surface area contributed by atoms with Crippen molar-refractivity contribution in [1.82, 2.24) is 0 Å². The van der Waals surface area contributed by atoms with Crippen molar-refractivity contribution in [2.24, 2.45) is 0 Å². The van der Waals surface area contributed by atoms with E-state index < -0.39 is 0 Å². The molecule has 0 aromatic heterocycles. The van der Waals surface area contributed by atoms with E-state index in [0.29, 0.717) is 0 Å². The summed E-state index contributed by atoms with van der Waals surface area (Å²) < 4.78 is 0. The van der Waals surface area contributed by atoms with Gasteiger partial charge in [-0.05, 0) is 28.3 Å². The van der Waals surface area contributed by atoms with E-state index >= 15 is 0 Å². The van der Waals surface area contributed by atoms with Crippen molar-refractivity contribution in [3.8, 4) is 0 Å². The van der Waals surface area contributed by atoms with Gasteiger partial charge in [0, 0.05) is 11.4 Å². The van der Waals surface area contributed by atoms with Gasteiger partial charge in [-0.2, -0.15) is 0 Å². The van der Waals surface area contributed by atoms with Crippen LogP contribution in [0.15, 0.2) is 54.6 Å². The van der Waals surface area contributed by atoms with Crippen LogP contribution in [0.1, 0.15) is 16.7 Å². The van der Waals surface area contributed by atoms with E-state index in [1.54, 1.807) is 0 Å². The maximum atomic E-state index is 6.16. The maximum absolute atomic E-state index is 6.16. The Kier molecular flexibility index (Phi) is 2.30. The first-order valence-electron chi connectivity index (χ1n) is 5.25. The smallest absolute Gasteiger partial charge is 0.0450 e. The summed E-state index contributed by atoms with van der Waals surface area (Å²) in [6.45, 7) is 0. The van der Waals surface area contributed by atoms with Crippen LogP contribution in [-0.2, 0) is 0 Å². The van der Waals surface area contributed by atoms with E-state index in [1.807, 2.05) is 18.2 Å². The Hall–Kier alpha value is -1.53. The SMILES string of the molecule is Clc1cccc2c1[CH]C=C2c1ccccc1. The number of halogens is 1. The highest BCUT2D eigenvalue weighted by atomic mass is 35.5. The molecule has 0 unspecified atom stereocenters. The molecule has 0 amide bonds. The number of fused-ring (bicyclic) bond motifs is 1. The second-order valence-corrected chi connectivity index (χ2v) is 4.22. The Morgan fingerprint density at radius 1 is 0.812 bits per heavy atom. The highest BCUT2D eigenvalue weighted by Crippen LogP contribution is 2.36. The molecule has 2 aromatic rings. The van der Waals surface area contributed by atoms with Crippen molar-refractivity contribution in [3.05, 3.63) is 82.7 Å². The zero-order valence-corrected chi connectivity index (χ0v) is 9.41. The minimum Gasteiger partial charge on any atom is -0.0840 e. The molecular weight excluding hydrogens is 216 g/mol. The molecule has 2 aromatic carbocycles. The zero-order chi connectivity index (χ0) is 11.0. The van der Waals surface area contributed by atoms with Gasteiger partial charge < -0.3 is 0 Å². The molecule has 0 nitrogen and oxygen atoms in total. The van der Waals surface area contributed by atoms with Crippen LogP contribution in [0.4, 0.5) is 0 Å². The first-order valence-corrected chi connectivity index (χ1v) is 5.63. The summed E-state index contributed by atoms with van der Waals surface area (Å²) >= 11 is 6.16. The van der Waals surface area contributed by atoms with Gasteiger partial charge in [0.05, 0.1) is 0 Å². The van der Waals surface area contributed by atoms with Crippen LogP contribution in [0.2, 0.25) is 5.02 Å². The van der Waals surface area contributed by atoms with Crippen molar-refractivity contribution in [2.45, 2.75) is 0 Å². The predicted molar refractivity (Wildman–Crippen MR) is 68.4 cm³/mol. The molecule has 0 atom stereocenters. The minimum atomic E-state index is 0.819. The molecule has 0 fully saturated rings. The monoisotopic (exact) mass is 225 g/mol.